The zero-order valence-corrected chi connectivity index (χ0v) is 28.2. The summed E-state index contributed by atoms with van der Waals surface area (Å²) in [5.41, 5.74) is 6.36. The third-order valence-corrected chi connectivity index (χ3v) is 9.40. The Kier molecular flexibility index (Phi) is 8.90. The number of nitrogens with zero attached hydrogens (tertiary/aromatic N) is 3. The second-order valence-corrected chi connectivity index (χ2v) is 12.3. The molecule has 0 spiro atoms. The molecule has 3 amide bonds. The van der Waals surface area contributed by atoms with Crippen molar-refractivity contribution in [2.24, 2.45) is 0 Å². The average molecular weight is 688 g/mol. The number of benzene rings is 4. The Morgan fingerprint density at radius 1 is 0.392 bits per heavy atom. The number of rotatable bonds is 12. The smallest absolute Gasteiger partial charge is 0.299 e. The molecule has 0 fully saturated rings. The summed E-state index contributed by atoms with van der Waals surface area (Å²) in [6.07, 6.45) is 0. The topological polar surface area (TPSA) is 140 Å². The maximum Gasteiger partial charge on any atom is 0.299 e. The van der Waals surface area contributed by atoms with Crippen LogP contribution in [0.2, 0.25) is 0 Å². The number of ether oxygens (including phenoxy) is 3. The van der Waals surface area contributed by atoms with Crippen LogP contribution in [0.1, 0.15) is 31.1 Å². The number of hydrogen-bond acceptors (Lipinski definition) is 9. The van der Waals surface area contributed by atoms with Crippen molar-refractivity contribution in [2.45, 2.75) is 0 Å². The van der Waals surface area contributed by atoms with E-state index in [1.54, 1.807) is 36.4 Å². The van der Waals surface area contributed by atoms with Gasteiger partial charge < -0.3 is 28.9 Å². The summed E-state index contributed by atoms with van der Waals surface area (Å²) < 4.78 is 15.4. The summed E-state index contributed by atoms with van der Waals surface area (Å²) >= 11 is 0. The van der Waals surface area contributed by atoms with Crippen molar-refractivity contribution in [3.8, 4) is 33.4 Å². The maximum atomic E-state index is 13.1. The summed E-state index contributed by atoms with van der Waals surface area (Å²) in [7, 11) is 4.57. The number of anilines is 3. The van der Waals surface area contributed by atoms with E-state index in [-0.39, 0.29) is 56.1 Å². The van der Waals surface area contributed by atoms with Gasteiger partial charge in [0.2, 0.25) is 0 Å². The molecule has 0 bridgehead atoms. The highest BCUT2D eigenvalue weighted by Crippen LogP contribution is 2.40. The van der Waals surface area contributed by atoms with E-state index >= 15 is 0 Å². The van der Waals surface area contributed by atoms with E-state index in [1.165, 1.54) is 36.0 Å². The van der Waals surface area contributed by atoms with Crippen LogP contribution in [0, 0.1) is 0 Å². The first-order valence-electron chi connectivity index (χ1n) is 16.3. The summed E-state index contributed by atoms with van der Waals surface area (Å²) in [4.78, 5) is 82.0. The molecule has 0 aliphatic carbocycles. The zero-order chi connectivity index (χ0) is 36.0. The summed E-state index contributed by atoms with van der Waals surface area (Å²) in [6.45, 7) is 1.50. The molecule has 0 aromatic heterocycles. The third kappa shape index (κ3) is 5.72. The van der Waals surface area contributed by atoms with E-state index in [1.807, 2.05) is 36.4 Å². The Hall–Kier alpha value is -5.82. The van der Waals surface area contributed by atoms with Crippen LogP contribution >= 0.6 is 0 Å². The fraction of sp³-hybridized carbons (Fsp3) is 0.231. The van der Waals surface area contributed by atoms with Crippen molar-refractivity contribution in [1.82, 2.24) is 0 Å². The van der Waals surface area contributed by atoms with Crippen LogP contribution in [0.4, 0.5) is 17.1 Å². The Morgan fingerprint density at radius 3 is 0.922 bits per heavy atom. The van der Waals surface area contributed by atoms with Gasteiger partial charge in [-0.3, -0.25) is 28.8 Å². The zero-order valence-electron chi connectivity index (χ0n) is 28.2. The molecule has 4 aromatic carbocycles. The lowest BCUT2D eigenvalue weighted by molar-refractivity contribution is -0.115. The van der Waals surface area contributed by atoms with Gasteiger partial charge >= 0.3 is 0 Å². The van der Waals surface area contributed by atoms with Crippen LogP contribution in [-0.2, 0) is 28.6 Å². The van der Waals surface area contributed by atoms with Gasteiger partial charge in [-0.2, -0.15) is 0 Å². The molecular formula is C39H33N3O9. The molecule has 0 saturated heterocycles. The molecule has 12 nitrogen and oxygen atoms in total. The Balaban J connectivity index is 1.35. The minimum atomic E-state index is -0.623. The molecule has 3 aliphatic rings. The number of amides is 3. The monoisotopic (exact) mass is 687 g/mol. The Bertz CT molecular complexity index is 1920. The molecule has 258 valence electrons. The van der Waals surface area contributed by atoms with Crippen LogP contribution < -0.4 is 14.7 Å². The first kappa shape index (κ1) is 33.7. The van der Waals surface area contributed by atoms with Crippen molar-refractivity contribution < 1.29 is 43.0 Å². The molecule has 3 aliphatic heterocycles. The first-order chi connectivity index (χ1) is 24.7. The minimum Gasteiger partial charge on any atom is -0.383 e. The van der Waals surface area contributed by atoms with Crippen molar-refractivity contribution in [3.63, 3.8) is 0 Å². The lowest BCUT2D eigenvalue weighted by Gasteiger charge is -2.17. The highest BCUT2D eigenvalue weighted by atomic mass is 16.5. The highest BCUT2D eigenvalue weighted by molar-refractivity contribution is 6.53. The largest absolute Gasteiger partial charge is 0.383 e. The molecule has 0 unspecified atom stereocenters. The van der Waals surface area contributed by atoms with Crippen molar-refractivity contribution in [2.75, 3.05) is 75.5 Å². The van der Waals surface area contributed by atoms with Gasteiger partial charge in [-0.25, -0.2) is 0 Å². The number of Topliss-reactive ketones (excluding diaryl/α,β-unsaturated/α-hetero) is 3. The summed E-state index contributed by atoms with van der Waals surface area (Å²) in [5, 5.41) is 0. The van der Waals surface area contributed by atoms with Crippen molar-refractivity contribution >= 4 is 52.1 Å². The second kappa shape index (κ2) is 13.5. The first-order valence-corrected chi connectivity index (χ1v) is 16.3. The molecule has 0 N–H and O–H groups in total. The van der Waals surface area contributed by atoms with Crippen molar-refractivity contribution in [3.05, 3.63) is 89.5 Å². The third-order valence-electron chi connectivity index (χ3n) is 9.40. The number of ketones is 3. The van der Waals surface area contributed by atoms with Crippen LogP contribution in [-0.4, -0.2) is 95.9 Å². The van der Waals surface area contributed by atoms with Gasteiger partial charge in [0, 0.05) is 41.0 Å². The Labute approximate surface area is 293 Å². The second-order valence-electron chi connectivity index (χ2n) is 12.3. The molecule has 0 saturated carbocycles. The van der Waals surface area contributed by atoms with Crippen LogP contribution in [0.15, 0.2) is 72.8 Å². The van der Waals surface area contributed by atoms with Gasteiger partial charge in [0.15, 0.2) is 0 Å². The number of fused-ring (bicyclic) bond motifs is 3. The van der Waals surface area contributed by atoms with Crippen molar-refractivity contribution in [1.29, 1.82) is 0 Å². The van der Waals surface area contributed by atoms with Crippen LogP contribution in [0.25, 0.3) is 33.4 Å². The molecular weight excluding hydrogens is 654 g/mol. The fourth-order valence-electron chi connectivity index (χ4n) is 6.78. The number of hydrogen-bond donors (Lipinski definition) is 0. The van der Waals surface area contributed by atoms with Crippen LogP contribution in [0.5, 0.6) is 0 Å². The summed E-state index contributed by atoms with van der Waals surface area (Å²) in [5.74, 6) is -3.70. The van der Waals surface area contributed by atoms with Gasteiger partial charge in [0.1, 0.15) is 0 Å². The molecule has 0 radical (unpaired) electrons. The van der Waals surface area contributed by atoms with E-state index in [9.17, 15) is 28.8 Å². The SMILES string of the molecule is COCCN1C(=O)C(=O)c2cc(-c3cc(-c4ccc5c(c4)C(=O)C(=O)N5CCOC)cc(-c4ccc5c(c4)C(=O)C(=O)N5CCOC)c3)ccc21. The maximum absolute atomic E-state index is 13.1. The molecule has 51 heavy (non-hydrogen) atoms. The quantitative estimate of drug-likeness (QED) is 0.200. The van der Waals surface area contributed by atoms with Crippen LogP contribution in [0.3, 0.4) is 0 Å². The van der Waals surface area contributed by atoms with Gasteiger partial charge in [0.25, 0.3) is 35.1 Å². The molecule has 0 atom stereocenters. The number of carbonyl (C=O) groups excluding carboxylic acids is 6. The lowest BCUT2D eigenvalue weighted by Crippen LogP contribution is -2.32. The average Bonchev–Trinajstić information content (AvgIpc) is 3.65. The number of methoxy groups -OCH3 is 3. The van der Waals surface area contributed by atoms with E-state index < -0.39 is 35.1 Å². The highest BCUT2D eigenvalue weighted by Gasteiger charge is 2.38. The summed E-state index contributed by atoms with van der Waals surface area (Å²) in [6, 6.07) is 21.4. The van der Waals surface area contributed by atoms with E-state index in [4.69, 9.17) is 14.2 Å². The lowest BCUT2D eigenvalue weighted by atomic mass is 9.91. The van der Waals surface area contributed by atoms with E-state index in [2.05, 4.69) is 0 Å². The minimum absolute atomic E-state index is 0.234. The number of carbonyl (C=O) groups is 6. The van der Waals surface area contributed by atoms with Gasteiger partial charge in [-0.05, 0) is 88.0 Å². The fourth-order valence-corrected chi connectivity index (χ4v) is 6.78. The van der Waals surface area contributed by atoms with E-state index in [0.717, 1.165) is 0 Å². The van der Waals surface area contributed by atoms with E-state index in [0.29, 0.717) is 50.4 Å². The predicted octanol–water partition coefficient (Wildman–Crippen LogP) is 4.21. The standard InChI is InChI=1S/C39H33N3O9/c1-49-13-10-40-31-7-4-22(19-28(31)34(43)37(40)46)25-16-26(23-5-8-32-29(20-23)35(44)38(47)41(32)11-14-50-2)18-27(17-25)24-6-9-33-30(21-24)36(45)39(48)42(33)12-15-51-3/h4-9,16-21H,10-15H2,1-3H3. The van der Waals surface area contributed by atoms with Gasteiger partial charge in [0.05, 0.1) is 53.6 Å². The van der Waals surface area contributed by atoms with Gasteiger partial charge in [-0.1, -0.05) is 18.2 Å². The predicted molar refractivity (Wildman–Crippen MR) is 188 cm³/mol. The molecule has 3 heterocycles. The molecule has 12 heteroatoms. The molecule has 7 rings (SSSR count). The Morgan fingerprint density at radius 2 is 0.667 bits per heavy atom. The van der Waals surface area contributed by atoms with Gasteiger partial charge in [-0.15, -0.1) is 0 Å². The molecule has 4 aromatic rings. The normalized spacial score (nSPS) is 15.0.